The Balaban J connectivity index is 2.38. The summed E-state index contributed by atoms with van der Waals surface area (Å²) in [6.45, 7) is 14.9. The number of rotatable bonds is 6. The van der Waals surface area contributed by atoms with E-state index in [4.69, 9.17) is 4.74 Å². The summed E-state index contributed by atoms with van der Waals surface area (Å²) in [4.78, 5) is 12.1. The molecule has 1 unspecified atom stereocenters. The molecule has 0 bridgehead atoms. The first-order chi connectivity index (χ1) is 10.4. The fourth-order valence-corrected chi connectivity index (χ4v) is 3.33. The summed E-state index contributed by atoms with van der Waals surface area (Å²) in [7, 11) is 0. The van der Waals surface area contributed by atoms with Crippen LogP contribution in [0.15, 0.2) is 0 Å². The van der Waals surface area contributed by atoms with Crippen LogP contribution >= 0.6 is 0 Å². The summed E-state index contributed by atoms with van der Waals surface area (Å²) in [5.74, 6) is 0.253. The van der Waals surface area contributed by atoms with Gasteiger partial charge < -0.3 is 15.2 Å². The highest BCUT2D eigenvalue weighted by molar-refractivity contribution is 5.73. The molecule has 1 atom stereocenters. The van der Waals surface area contributed by atoms with E-state index in [1.165, 1.54) is 0 Å². The van der Waals surface area contributed by atoms with Gasteiger partial charge in [-0.1, -0.05) is 27.7 Å². The molecule has 4 heteroatoms. The zero-order valence-corrected chi connectivity index (χ0v) is 16.1. The van der Waals surface area contributed by atoms with Crippen molar-refractivity contribution in [1.29, 1.82) is 0 Å². The molecule has 0 aromatic rings. The van der Waals surface area contributed by atoms with Crippen LogP contribution in [0.4, 0.5) is 0 Å². The Kier molecular flexibility index (Phi) is 7.09. The van der Waals surface area contributed by atoms with Crippen molar-refractivity contribution in [2.75, 3.05) is 6.54 Å². The van der Waals surface area contributed by atoms with Crippen LogP contribution in [-0.4, -0.2) is 35.4 Å². The lowest BCUT2D eigenvalue weighted by molar-refractivity contribution is -0.161. The van der Waals surface area contributed by atoms with Crippen molar-refractivity contribution in [2.24, 2.45) is 17.3 Å². The van der Waals surface area contributed by atoms with Crippen molar-refractivity contribution in [2.45, 2.75) is 91.9 Å². The number of ether oxygens (including phenoxy) is 1. The topological polar surface area (TPSA) is 58.6 Å². The third kappa shape index (κ3) is 6.80. The molecule has 23 heavy (non-hydrogen) atoms. The molecule has 2 N–H and O–H groups in total. The number of nitrogens with one attached hydrogen (secondary N) is 1. The first-order valence-corrected chi connectivity index (χ1v) is 9.06. The van der Waals surface area contributed by atoms with Crippen LogP contribution in [0, 0.1) is 17.3 Å². The quantitative estimate of drug-likeness (QED) is 0.733. The van der Waals surface area contributed by atoms with Crippen molar-refractivity contribution in [1.82, 2.24) is 5.32 Å². The number of carbonyl (C=O) groups excluding carboxylic acids is 1. The van der Waals surface area contributed by atoms with Crippen LogP contribution in [0.3, 0.4) is 0 Å². The normalized spacial score (nSPS) is 24.6. The lowest BCUT2D eigenvalue weighted by Crippen LogP contribution is -2.46. The van der Waals surface area contributed by atoms with Gasteiger partial charge in [0.15, 0.2) is 0 Å². The molecule has 0 amide bonds. The number of aliphatic hydroxyl groups excluding tert-OH is 1. The molecule has 136 valence electrons. The molecular weight excluding hydrogens is 290 g/mol. The van der Waals surface area contributed by atoms with Gasteiger partial charge in [0.05, 0.1) is 12.0 Å². The summed E-state index contributed by atoms with van der Waals surface area (Å²) in [6.07, 6.45) is 3.46. The molecule has 4 nitrogen and oxygen atoms in total. The lowest BCUT2D eigenvalue weighted by atomic mass is 9.79. The molecule has 1 fully saturated rings. The van der Waals surface area contributed by atoms with E-state index in [2.05, 4.69) is 33.0 Å². The summed E-state index contributed by atoms with van der Waals surface area (Å²) < 4.78 is 5.49. The maximum atomic E-state index is 12.1. The summed E-state index contributed by atoms with van der Waals surface area (Å²) >= 11 is 0. The predicted octanol–water partition coefficient (Wildman–Crippen LogP) is 3.52. The van der Waals surface area contributed by atoms with Crippen molar-refractivity contribution >= 4 is 5.97 Å². The van der Waals surface area contributed by atoms with Crippen LogP contribution < -0.4 is 5.32 Å². The number of hydrogen-bond acceptors (Lipinski definition) is 4. The molecular formula is C19H37NO3. The second-order valence-electron chi connectivity index (χ2n) is 9.14. The largest absolute Gasteiger partial charge is 0.460 e. The fourth-order valence-electron chi connectivity index (χ4n) is 3.33. The molecule has 0 radical (unpaired) electrons. The van der Waals surface area contributed by atoms with Crippen molar-refractivity contribution in [3.63, 3.8) is 0 Å². The van der Waals surface area contributed by atoms with Gasteiger partial charge in [0.25, 0.3) is 0 Å². The fraction of sp³-hybridized carbons (Fsp3) is 0.947. The minimum atomic E-state index is -0.400. The van der Waals surface area contributed by atoms with Gasteiger partial charge >= 0.3 is 5.97 Å². The van der Waals surface area contributed by atoms with Gasteiger partial charge in [-0.2, -0.15) is 0 Å². The second kappa shape index (κ2) is 7.98. The number of esters is 1. The van der Waals surface area contributed by atoms with E-state index >= 15 is 0 Å². The Morgan fingerprint density at radius 3 is 2.09 bits per heavy atom. The van der Waals surface area contributed by atoms with E-state index < -0.39 is 5.60 Å². The van der Waals surface area contributed by atoms with E-state index in [0.717, 1.165) is 32.2 Å². The Labute approximate surface area is 142 Å². The van der Waals surface area contributed by atoms with E-state index in [1.807, 2.05) is 20.8 Å². The zero-order valence-electron chi connectivity index (χ0n) is 16.1. The van der Waals surface area contributed by atoms with Gasteiger partial charge in [-0.05, 0) is 52.4 Å². The van der Waals surface area contributed by atoms with Crippen molar-refractivity contribution in [3.05, 3.63) is 0 Å². The summed E-state index contributed by atoms with van der Waals surface area (Å²) in [5.41, 5.74) is -0.542. The SMILES string of the molecule is CC(C)C(O)C(C)(C)CNC1CCC(C(=O)OC(C)(C)C)CC1. The number of carbonyl (C=O) groups is 1. The van der Waals surface area contributed by atoms with E-state index in [-0.39, 0.29) is 29.3 Å². The van der Waals surface area contributed by atoms with Crippen molar-refractivity contribution < 1.29 is 14.6 Å². The van der Waals surface area contributed by atoms with Crippen molar-refractivity contribution in [3.8, 4) is 0 Å². The van der Waals surface area contributed by atoms with E-state index in [0.29, 0.717) is 6.04 Å². The standard InChI is InChI=1S/C19H37NO3/c1-13(2)16(21)19(6,7)12-20-15-10-8-14(9-11-15)17(22)23-18(3,4)5/h13-16,20-21H,8-12H2,1-7H3. The Hall–Kier alpha value is -0.610. The van der Waals surface area contributed by atoms with E-state index in [9.17, 15) is 9.90 Å². The lowest BCUT2D eigenvalue weighted by Gasteiger charge is -2.36. The third-order valence-corrected chi connectivity index (χ3v) is 4.75. The molecule has 0 aromatic heterocycles. The Morgan fingerprint density at radius 2 is 1.65 bits per heavy atom. The maximum Gasteiger partial charge on any atom is 0.309 e. The average molecular weight is 328 g/mol. The predicted molar refractivity (Wildman–Crippen MR) is 94.2 cm³/mol. The molecule has 0 heterocycles. The smallest absolute Gasteiger partial charge is 0.309 e. The first kappa shape index (κ1) is 20.4. The molecule has 0 saturated heterocycles. The zero-order chi connectivity index (χ0) is 17.8. The third-order valence-electron chi connectivity index (χ3n) is 4.75. The molecule has 1 aliphatic rings. The highest BCUT2D eigenvalue weighted by Crippen LogP contribution is 2.29. The second-order valence-corrected chi connectivity index (χ2v) is 9.14. The van der Waals surface area contributed by atoms with Gasteiger partial charge in [-0.3, -0.25) is 4.79 Å². The number of hydrogen-bond donors (Lipinski definition) is 2. The van der Waals surface area contributed by atoms with Gasteiger partial charge in [0.2, 0.25) is 0 Å². The van der Waals surface area contributed by atoms with Gasteiger partial charge in [0, 0.05) is 18.0 Å². The van der Waals surface area contributed by atoms with E-state index in [1.54, 1.807) is 0 Å². The Morgan fingerprint density at radius 1 is 1.13 bits per heavy atom. The molecule has 0 aromatic carbocycles. The maximum absolute atomic E-state index is 12.1. The van der Waals surface area contributed by atoms with Crippen LogP contribution in [0.1, 0.15) is 74.1 Å². The van der Waals surface area contributed by atoms with Gasteiger partial charge in [0.1, 0.15) is 5.60 Å². The molecule has 0 spiro atoms. The van der Waals surface area contributed by atoms with Crippen LogP contribution in [0.25, 0.3) is 0 Å². The minimum Gasteiger partial charge on any atom is -0.460 e. The highest BCUT2D eigenvalue weighted by atomic mass is 16.6. The molecule has 1 aliphatic carbocycles. The molecule has 0 aliphatic heterocycles. The summed E-state index contributed by atoms with van der Waals surface area (Å²) in [5, 5.41) is 13.9. The van der Waals surface area contributed by atoms with Gasteiger partial charge in [-0.15, -0.1) is 0 Å². The monoisotopic (exact) mass is 327 g/mol. The van der Waals surface area contributed by atoms with Crippen LogP contribution in [0.5, 0.6) is 0 Å². The Bertz CT molecular complexity index is 377. The average Bonchev–Trinajstić information content (AvgIpc) is 2.43. The minimum absolute atomic E-state index is 0.0431. The molecule has 1 rings (SSSR count). The number of aliphatic hydroxyl groups is 1. The molecule has 1 saturated carbocycles. The first-order valence-electron chi connectivity index (χ1n) is 9.06. The van der Waals surface area contributed by atoms with Crippen LogP contribution in [0.2, 0.25) is 0 Å². The summed E-state index contributed by atoms with van der Waals surface area (Å²) in [6, 6.07) is 0.437. The van der Waals surface area contributed by atoms with Gasteiger partial charge in [-0.25, -0.2) is 0 Å². The van der Waals surface area contributed by atoms with Crippen LogP contribution in [-0.2, 0) is 9.53 Å². The highest BCUT2D eigenvalue weighted by Gasteiger charge is 2.33.